The van der Waals surface area contributed by atoms with Gasteiger partial charge in [-0.1, -0.05) is 42.5 Å². The van der Waals surface area contributed by atoms with Crippen molar-refractivity contribution in [3.63, 3.8) is 0 Å². The Morgan fingerprint density at radius 2 is 1.93 bits per heavy atom. The van der Waals surface area contributed by atoms with E-state index in [9.17, 15) is 0 Å². The van der Waals surface area contributed by atoms with Crippen LogP contribution in [-0.2, 0) is 0 Å². The van der Waals surface area contributed by atoms with E-state index in [0.29, 0.717) is 0 Å². The highest BCUT2D eigenvalue weighted by molar-refractivity contribution is 8.07. The summed E-state index contributed by atoms with van der Waals surface area (Å²) < 4.78 is 0. The van der Waals surface area contributed by atoms with Gasteiger partial charge in [-0.05, 0) is 30.7 Å². The lowest BCUT2D eigenvalue weighted by Gasteiger charge is -2.16. The zero-order valence-corrected chi connectivity index (χ0v) is 9.62. The van der Waals surface area contributed by atoms with Gasteiger partial charge in [0.2, 0.25) is 0 Å². The van der Waals surface area contributed by atoms with Crippen LogP contribution in [-0.4, -0.2) is 5.25 Å². The van der Waals surface area contributed by atoms with Gasteiger partial charge in [-0.3, -0.25) is 0 Å². The van der Waals surface area contributed by atoms with Crippen molar-refractivity contribution < 1.29 is 0 Å². The highest BCUT2D eigenvalue weighted by Gasteiger charge is 2.44. The van der Waals surface area contributed by atoms with Crippen LogP contribution in [0.5, 0.6) is 0 Å². The first-order chi connectivity index (χ1) is 7.45. The molecule has 0 nitrogen and oxygen atoms in total. The molecule has 0 N–H and O–H groups in total. The third-order valence-corrected chi connectivity index (χ3v) is 4.94. The lowest BCUT2D eigenvalue weighted by atomic mass is 9.89. The lowest BCUT2D eigenvalue weighted by molar-refractivity contribution is 0.481. The topological polar surface area (TPSA) is 0 Å². The third kappa shape index (κ3) is 1.98. The van der Waals surface area contributed by atoms with E-state index in [1.807, 2.05) is 0 Å². The minimum Gasteiger partial charge on any atom is -0.147 e. The van der Waals surface area contributed by atoms with E-state index in [4.69, 9.17) is 0 Å². The van der Waals surface area contributed by atoms with E-state index in [2.05, 4.69) is 54.2 Å². The summed E-state index contributed by atoms with van der Waals surface area (Å²) in [4.78, 5) is 0. The fourth-order valence-corrected chi connectivity index (χ4v) is 3.92. The van der Waals surface area contributed by atoms with Crippen LogP contribution >= 0.6 is 11.8 Å². The molecule has 1 saturated heterocycles. The van der Waals surface area contributed by atoms with E-state index in [1.54, 1.807) is 0 Å². The second-order valence-electron chi connectivity index (χ2n) is 4.48. The molecule has 1 fully saturated rings. The Morgan fingerprint density at radius 3 is 2.67 bits per heavy atom. The average Bonchev–Trinajstić information content (AvgIpc) is 3.11. The molecule has 1 aliphatic heterocycles. The molecule has 0 bridgehead atoms. The van der Waals surface area contributed by atoms with Gasteiger partial charge in [0.15, 0.2) is 0 Å². The van der Waals surface area contributed by atoms with Gasteiger partial charge in [0.05, 0.1) is 0 Å². The Balaban J connectivity index is 1.67. The fraction of sp³-hybridized carbons (Fsp3) is 0.429. The molecule has 1 aliphatic carbocycles. The van der Waals surface area contributed by atoms with Crippen molar-refractivity contribution in [2.75, 3.05) is 0 Å². The summed E-state index contributed by atoms with van der Waals surface area (Å²) >= 11 is 2.16. The fourth-order valence-electron chi connectivity index (χ4n) is 2.51. The van der Waals surface area contributed by atoms with Crippen molar-refractivity contribution in [1.82, 2.24) is 0 Å². The normalized spacial score (nSPS) is 34.0. The van der Waals surface area contributed by atoms with Crippen molar-refractivity contribution in [3.05, 3.63) is 48.0 Å². The molecule has 3 atom stereocenters. The van der Waals surface area contributed by atoms with Crippen LogP contribution in [0.2, 0.25) is 0 Å². The molecule has 0 amide bonds. The Labute approximate surface area is 95.8 Å². The number of allylic oxidation sites excluding steroid dienone is 2. The number of thioether (sulfide) groups is 1. The van der Waals surface area contributed by atoms with E-state index < -0.39 is 0 Å². The molecule has 1 heterocycles. The second kappa shape index (κ2) is 4.05. The van der Waals surface area contributed by atoms with Crippen LogP contribution in [0.4, 0.5) is 0 Å². The van der Waals surface area contributed by atoms with Gasteiger partial charge in [0.1, 0.15) is 0 Å². The van der Waals surface area contributed by atoms with Gasteiger partial charge >= 0.3 is 0 Å². The zero-order valence-electron chi connectivity index (χ0n) is 8.80. The van der Waals surface area contributed by atoms with Gasteiger partial charge in [0.25, 0.3) is 0 Å². The van der Waals surface area contributed by atoms with Crippen LogP contribution in [0.25, 0.3) is 0 Å². The van der Waals surface area contributed by atoms with Gasteiger partial charge < -0.3 is 0 Å². The first-order valence-corrected chi connectivity index (χ1v) is 6.75. The van der Waals surface area contributed by atoms with Crippen LogP contribution in [0.15, 0.2) is 42.5 Å². The lowest BCUT2D eigenvalue weighted by Crippen LogP contribution is -2.09. The minimum atomic E-state index is 0.794. The average molecular weight is 216 g/mol. The second-order valence-corrected chi connectivity index (χ2v) is 5.80. The Kier molecular flexibility index (Phi) is 2.57. The molecule has 15 heavy (non-hydrogen) atoms. The third-order valence-electron chi connectivity index (χ3n) is 3.43. The summed E-state index contributed by atoms with van der Waals surface area (Å²) in [6.07, 6.45) is 8.71. The number of hydrogen-bond donors (Lipinski definition) is 0. The molecule has 1 heteroatoms. The van der Waals surface area contributed by atoms with Crippen LogP contribution in [0, 0.1) is 5.92 Å². The summed E-state index contributed by atoms with van der Waals surface area (Å²) in [7, 11) is 0. The van der Waals surface area contributed by atoms with Crippen molar-refractivity contribution in [2.45, 2.75) is 29.8 Å². The summed E-state index contributed by atoms with van der Waals surface area (Å²) in [6.45, 7) is 0. The van der Waals surface area contributed by atoms with E-state index in [-0.39, 0.29) is 0 Å². The summed E-state index contributed by atoms with van der Waals surface area (Å²) in [6, 6.07) is 11.0. The minimum absolute atomic E-state index is 0.794. The predicted molar refractivity (Wildman–Crippen MR) is 67.0 cm³/mol. The molecular weight excluding hydrogens is 200 g/mol. The molecule has 0 radical (unpaired) electrons. The van der Waals surface area contributed by atoms with Crippen LogP contribution < -0.4 is 0 Å². The van der Waals surface area contributed by atoms with Gasteiger partial charge in [-0.15, -0.1) is 11.8 Å². The molecule has 1 aromatic carbocycles. The molecule has 1 aromatic rings. The molecular formula is C14H16S. The molecule has 3 unspecified atom stereocenters. The summed E-state index contributed by atoms with van der Waals surface area (Å²) in [5.41, 5.74) is 1.53. The molecule has 3 rings (SSSR count). The zero-order chi connectivity index (χ0) is 10.1. The molecule has 2 aliphatic rings. The van der Waals surface area contributed by atoms with E-state index in [1.165, 1.54) is 24.8 Å². The predicted octanol–water partition coefficient (Wildman–Crippen LogP) is 4.20. The summed E-state index contributed by atoms with van der Waals surface area (Å²) in [5, 5.41) is 1.69. The molecule has 78 valence electrons. The first-order valence-electron chi connectivity index (χ1n) is 5.80. The van der Waals surface area contributed by atoms with Gasteiger partial charge in [-0.25, -0.2) is 0 Å². The van der Waals surface area contributed by atoms with Crippen molar-refractivity contribution >= 4 is 11.8 Å². The monoisotopic (exact) mass is 216 g/mol. The molecule has 0 spiro atoms. The van der Waals surface area contributed by atoms with Crippen molar-refractivity contribution in [3.8, 4) is 0 Å². The first kappa shape index (κ1) is 9.53. The highest BCUT2D eigenvalue weighted by atomic mass is 32.2. The SMILES string of the molecule is C1=CCC(C2SC2c2ccccc2)CC1. The highest BCUT2D eigenvalue weighted by Crippen LogP contribution is 2.60. The number of rotatable bonds is 2. The smallest absolute Gasteiger partial charge is 0.0422 e. The summed E-state index contributed by atoms with van der Waals surface area (Å²) in [5.74, 6) is 0.935. The maximum atomic E-state index is 2.37. The van der Waals surface area contributed by atoms with E-state index >= 15 is 0 Å². The number of benzene rings is 1. The molecule has 0 saturated carbocycles. The Morgan fingerprint density at radius 1 is 1.07 bits per heavy atom. The maximum absolute atomic E-state index is 2.37. The Bertz CT molecular complexity index is 355. The maximum Gasteiger partial charge on any atom is 0.0422 e. The van der Waals surface area contributed by atoms with Crippen LogP contribution in [0.3, 0.4) is 0 Å². The Hall–Kier alpha value is -0.690. The van der Waals surface area contributed by atoms with Crippen molar-refractivity contribution in [2.24, 2.45) is 5.92 Å². The quantitative estimate of drug-likeness (QED) is 0.527. The number of hydrogen-bond acceptors (Lipinski definition) is 1. The van der Waals surface area contributed by atoms with Crippen LogP contribution in [0.1, 0.15) is 30.1 Å². The van der Waals surface area contributed by atoms with Gasteiger partial charge in [0, 0.05) is 10.5 Å². The van der Waals surface area contributed by atoms with Gasteiger partial charge in [-0.2, -0.15) is 0 Å². The largest absolute Gasteiger partial charge is 0.147 e. The standard InChI is InChI=1S/C14H16S/c1-3-7-11(8-4-1)13-14(15-13)12-9-5-2-6-10-12/h1-5,7-8,12-14H,6,9-10H2. The van der Waals surface area contributed by atoms with Crippen molar-refractivity contribution in [1.29, 1.82) is 0 Å². The van der Waals surface area contributed by atoms with E-state index in [0.717, 1.165) is 16.4 Å². The molecule has 0 aromatic heterocycles.